The van der Waals surface area contributed by atoms with Gasteiger partial charge in [-0.15, -0.1) is 0 Å². The van der Waals surface area contributed by atoms with Gasteiger partial charge in [0.05, 0.1) is 22.8 Å². The molecule has 0 aliphatic rings. The first-order valence-corrected chi connectivity index (χ1v) is 14.6. The van der Waals surface area contributed by atoms with Crippen LogP contribution in [0.5, 0.6) is 0 Å². The predicted octanol–water partition coefficient (Wildman–Crippen LogP) is 4.11. The van der Waals surface area contributed by atoms with Gasteiger partial charge in [-0.05, 0) is 65.8 Å². The van der Waals surface area contributed by atoms with Gasteiger partial charge in [-0.25, -0.2) is 18.7 Å². The van der Waals surface area contributed by atoms with Crippen LogP contribution in [-0.4, -0.2) is 49.3 Å². The number of aromatic nitrogens is 12. The first-order chi connectivity index (χ1) is 21.1. The monoisotopic (exact) mass is 588 g/mol. The third-order valence-electron chi connectivity index (χ3n) is 7.84. The molecule has 7 aromatic rings. The number of nitrogens with one attached hydrogen (secondary N) is 2. The number of aryl methyl sites for hydroxylation is 8. The van der Waals surface area contributed by atoms with Crippen molar-refractivity contribution in [3.8, 4) is 34.1 Å². The number of hydrogen-bond acceptors (Lipinski definition) is 4. The molecule has 0 radical (unpaired) electrons. The van der Waals surface area contributed by atoms with E-state index in [2.05, 4.69) is 85.4 Å². The molecule has 222 valence electrons. The molecule has 0 aliphatic carbocycles. The Bertz CT molecular complexity index is 1870. The van der Waals surface area contributed by atoms with Crippen molar-refractivity contribution in [1.82, 2.24) is 49.3 Å². The van der Waals surface area contributed by atoms with E-state index < -0.39 is 0 Å². The number of rotatable bonds is 6. The maximum Gasteiger partial charge on any atom is 0.296 e. The Morgan fingerprint density at radius 3 is 1.30 bits per heavy atom. The predicted molar refractivity (Wildman–Crippen MR) is 165 cm³/mol. The van der Waals surface area contributed by atoms with Crippen LogP contribution in [0.25, 0.3) is 34.1 Å². The van der Waals surface area contributed by atoms with E-state index in [9.17, 15) is 0 Å². The maximum atomic E-state index is 5.06. The van der Waals surface area contributed by atoms with Gasteiger partial charge in [-0.2, -0.15) is 30.6 Å². The molecule has 0 amide bonds. The average Bonchev–Trinajstić information content (AvgIpc) is 3.80. The van der Waals surface area contributed by atoms with Crippen molar-refractivity contribution < 1.29 is 9.36 Å². The minimum atomic E-state index is 0.812. The average molecular weight is 589 g/mol. The fourth-order valence-corrected chi connectivity index (χ4v) is 6.26. The van der Waals surface area contributed by atoms with E-state index in [1.54, 1.807) is 12.4 Å². The molecular weight excluding hydrogens is 552 g/mol. The molecule has 0 saturated carbocycles. The topological polar surface area (TPSA) is 111 Å². The number of benzene rings is 1. The molecule has 0 bridgehead atoms. The molecular formula is C32H36N12+2. The summed E-state index contributed by atoms with van der Waals surface area (Å²) in [6.45, 7) is 16.5. The summed E-state index contributed by atoms with van der Waals surface area (Å²) in [6, 6.07) is 12.3. The highest BCUT2D eigenvalue weighted by molar-refractivity contribution is 5.83. The Balaban J connectivity index is 1.86. The van der Waals surface area contributed by atoms with Gasteiger partial charge in [-0.1, -0.05) is 9.36 Å². The molecule has 6 aromatic heterocycles. The molecule has 1 aromatic carbocycles. The number of hydrogen-bond donors (Lipinski definition) is 2. The zero-order valence-electron chi connectivity index (χ0n) is 26.2. The number of nitrogens with zero attached hydrogens (tertiary/aromatic N) is 10. The molecule has 0 aliphatic heterocycles. The lowest BCUT2D eigenvalue weighted by molar-refractivity contribution is -0.668. The van der Waals surface area contributed by atoms with Gasteiger partial charge >= 0.3 is 0 Å². The molecule has 0 fully saturated rings. The zero-order chi connectivity index (χ0) is 30.9. The summed E-state index contributed by atoms with van der Waals surface area (Å²) < 4.78 is 12.1. The van der Waals surface area contributed by atoms with Gasteiger partial charge in [0.2, 0.25) is 17.1 Å². The summed E-state index contributed by atoms with van der Waals surface area (Å²) in [7, 11) is 0. The summed E-state index contributed by atoms with van der Waals surface area (Å²) >= 11 is 0. The molecule has 0 spiro atoms. The van der Waals surface area contributed by atoms with Crippen molar-refractivity contribution in [1.29, 1.82) is 0 Å². The molecule has 0 unspecified atom stereocenters. The highest BCUT2D eigenvalue weighted by atomic mass is 15.4. The lowest BCUT2D eigenvalue weighted by Crippen LogP contribution is -2.44. The minimum absolute atomic E-state index is 0.812. The zero-order valence-corrected chi connectivity index (χ0v) is 26.2. The summed E-state index contributed by atoms with van der Waals surface area (Å²) in [6.07, 6.45) is 7.54. The summed E-state index contributed by atoms with van der Waals surface area (Å²) in [5.41, 5.74) is 12.9. The van der Waals surface area contributed by atoms with Gasteiger partial charge in [0.25, 0.3) is 11.4 Å². The van der Waals surface area contributed by atoms with E-state index >= 15 is 0 Å². The standard InChI is InChI=1S/C32H34N12/c1-19-15-23(5)41(35-19)29-27(39-13-9-11-33-39)31(43-25(7)17-21(3)37-43)32(44-26(8)18-22(4)38-44)28(40-14-10-12-34-40)30(29)42-24(6)16-20(2)36-42/h9-18H,1-8H3/p+2. The van der Waals surface area contributed by atoms with E-state index in [4.69, 9.17) is 20.4 Å². The Hall–Kier alpha value is -5.52. The van der Waals surface area contributed by atoms with Crippen LogP contribution < -0.4 is 9.36 Å². The smallest absolute Gasteiger partial charge is 0.236 e. The maximum absolute atomic E-state index is 5.06. The summed E-state index contributed by atoms with van der Waals surface area (Å²) in [5.74, 6) is 0. The third-order valence-corrected chi connectivity index (χ3v) is 7.84. The van der Waals surface area contributed by atoms with Gasteiger partial charge in [0, 0.05) is 62.2 Å². The van der Waals surface area contributed by atoms with Crippen LogP contribution >= 0.6 is 0 Å². The second-order valence-corrected chi connectivity index (χ2v) is 11.5. The SMILES string of the molecule is Cc1cc(C)n(-c2c(-n3cccn3)c(-n3nc(C)cc3C)c(-[n+]3[nH]c(C)cc3C)c(-n3cccn3)c2-[n+]2[nH]c(C)cc2C)n1. The van der Waals surface area contributed by atoms with Crippen LogP contribution in [0.1, 0.15) is 45.6 Å². The van der Waals surface area contributed by atoms with E-state index in [0.29, 0.717) is 0 Å². The van der Waals surface area contributed by atoms with Crippen LogP contribution in [0.3, 0.4) is 0 Å². The Kier molecular flexibility index (Phi) is 6.23. The fourth-order valence-electron chi connectivity index (χ4n) is 6.26. The van der Waals surface area contributed by atoms with Crippen molar-refractivity contribution in [3.63, 3.8) is 0 Å². The van der Waals surface area contributed by atoms with E-state index in [0.717, 1.165) is 79.7 Å². The van der Waals surface area contributed by atoms with Crippen LogP contribution in [0, 0.1) is 55.4 Å². The Morgan fingerprint density at radius 2 is 0.977 bits per heavy atom. The third kappa shape index (κ3) is 4.21. The van der Waals surface area contributed by atoms with Gasteiger partial charge in [0.1, 0.15) is 5.69 Å². The summed E-state index contributed by atoms with van der Waals surface area (Å²) in [4.78, 5) is 0. The second kappa shape index (κ2) is 10.0. The first-order valence-electron chi connectivity index (χ1n) is 14.6. The van der Waals surface area contributed by atoms with Crippen molar-refractivity contribution >= 4 is 0 Å². The molecule has 44 heavy (non-hydrogen) atoms. The largest absolute Gasteiger partial charge is 0.296 e. The van der Waals surface area contributed by atoms with Crippen molar-refractivity contribution in [2.24, 2.45) is 0 Å². The number of H-pyrrole nitrogens is 2. The van der Waals surface area contributed by atoms with Crippen molar-refractivity contribution in [3.05, 3.63) is 107 Å². The van der Waals surface area contributed by atoms with Crippen LogP contribution in [-0.2, 0) is 0 Å². The van der Waals surface area contributed by atoms with Gasteiger partial charge in [0.15, 0.2) is 11.4 Å². The van der Waals surface area contributed by atoms with Crippen LogP contribution in [0.4, 0.5) is 0 Å². The first kappa shape index (κ1) is 27.3. The Morgan fingerprint density at radius 1 is 0.545 bits per heavy atom. The van der Waals surface area contributed by atoms with Crippen LogP contribution in [0.2, 0.25) is 0 Å². The summed E-state index contributed by atoms with van der Waals surface area (Å²) in [5, 5.41) is 27.0. The molecule has 7 rings (SSSR count). The molecule has 0 saturated heterocycles. The van der Waals surface area contributed by atoms with Crippen LogP contribution in [0.15, 0.2) is 61.2 Å². The van der Waals surface area contributed by atoms with E-state index in [-0.39, 0.29) is 0 Å². The van der Waals surface area contributed by atoms with E-state index in [1.165, 1.54) is 0 Å². The molecule has 2 N–H and O–H groups in total. The Labute approximate surface area is 254 Å². The van der Waals surface area contributed by atoms with E-state index in [1.807, 2.05) is 57.1 Å². The van der Waals surface area contributed by atoms with Crippen molar-refractivity contribution in [2.75, 3.05) is 0 Å². The highest BCUT2D eigenvalue weighted by Gasteiger charge is 2.43. The molecule has 0 atom stereocenters. The van der Waals surface area contributed by atoms with Gasteiger partial charge in [-0.3, -0.25) is 0 Å². The minimum Gasteiger partial charge on any atom is -0.236 e. The molecule has 12 nitrogen and oxygen atoms in total. The number of aromatic amines is 2. The lowest BCUT2D eigenvalue weighted by Gasteiger charge is -2.21. The normalized spacial score (nSPS) is 11.6. The quantitative estimate of drug-likeness (QED) is 0.285. The fraction of sp³-hybridized carbons (Fsp3) is 0.250. The molecule has 6 heterocycles. The lowest BCUT2D eigenvalue weighted by atomic mass is 10.1. The van der Waals surface area contributed by atoms with Gasteiger partial charge < -0.3 is 0 Å². The van der Waals surface area contributed by atoms with Crippen molar-refractivity contribution in [2.45, 2.75) is 55.4 Å². The second-order valence-electron chi connectivity index (χ2n) is 11.5. The molecule has 12 heteroatoms. The highest BCUT2D eigenvalue weighted by Crippen LogP contribution is 2.40.